The molecule has 20 heavy (non-hydrogen) atoms. The minimum absolute atomic E-state index is 0.433. The Hall–Kier alpha value is -2.67. The molecule has 2 rings (SSSR count). The lowest BCUT2D eigenvalue weighted by molar-refractivity contribution is 0.299. The monoisotopic (exact) mass is 267 g/mol. The number of rotatable bonds is 4. The summed E-state index contributed by atoms with van der Waals surface area (Å²) >= 11 is 0. The lowest BCUT2D eigenvalue weighted by Crippen LogP contribution is -1.97. The first kappa shape index (κ1) is 13.8. The maximum Gasteiger partial charge on any atom is 0.161 e. The highest BCUT2D eigenvalue weighted by molar-refractivity contribution is 5.59. The Kier molecular flexibility index (Phi) is 4.11. The molecular formula is C16H17N3O. The van der Waals surface area contributed by atoms with Gasteiger partial charge in [0.05, 0.1) is 17.9 Å². The van der Waals surface area contributed by atoms with Gasteiger partial charge in [-0.1, -0.05) is 12.5 Å². The van der Waals surface area contributed by atoms with Crippen molar-refractivity contribution in [1.82, 2.24) is 9.78 Å². The van der Waals surface area contributed by atoms with E-state index in [4.69, 9.17) is 10.5 Å². The molecule has 0 aliphatic carbocycles. The molecule has 0 radical (unpaired) electrons. The van der Waals surface area contributed by atoms with Gasteiger partial charge in [0.2, 0.25) is 0 Å². The van der Waals surface area contributed by atoms with Crippen LogP contribution in [0.1, 0.15) is 25.0 Å². The van der Waals surface area contributed by atoms with E-state index in [1.165, 1.54) is 0 Å². The van der Waals surface area contributed by atoms with Crippen LogP contribution in [0.15, 0.2) is 37.0 Å². The van der Waals surface area contributed by atoms with E-state index in [1.54, 1.807) is 11.6 Å². The average Bonchev–Trinajstić information content (AvgIpc) is 2.81. The largest absolute Gasteiger partial charge is 0.494 e. The molecule has 102 valence electrons. The molecule has 0 fully saturated rings. The first-order valence-corrected chi connectivity index (χ1v) is 6.36. The first-order chi connectivity index (χ1) is 9.65. The van der Waals surface area contributed by atoms with Crippen LogP contribution in [-0.4, -0.2) is 16.4 Å². The molecular weight excluding hydrogens is 250 g/mol. The van der Waals surface area contributed by atoms with Crippen LogP contribution in [0.25, 0.3) is 11.4 Å². The second-order valence-corrected chi connectivity index (χ2v) is 4.15. The van der Waals surface area contributed by atoms with Crippen LogP contribution in [0, 0.1) is 11.8 Å². The third-order valence-electron chi connectivity index (χ3n) is 2.77. The minimum atomic E-state index is 0.433. The third kappa shape index (κ3) is 2.83. The van der Waals surface area contributed by atoms with Crippen LogP contribution in [-0.2, 0) is 4.74 Å². The van der Waals surface area contributed by atoms with Crippen molar-refractivity contribution >= 4 is 11.6 Å². The molecule has 0 aliphatic rings. The van der Waals surface area contributed by atoms with Crippen molar-refractivity contribution < 1.29 is 4.74 Å². The van der Waals surface area contributed by atoms with Gasteiger partial charge < -0.3 is 10.5 Å². The van der Waals surface area contributed by atoms with Gasteiger partial charge in [-0.05, 0) is 38.1 Å². The van der Waals surface area contributed by atoms with Crippen LogP contribution in [0.4, 0.5) is 5.82 Å². The number of hydrogen-bond acceptors (Lipinski definition) is 3. The van der Waals surface area contributed by atoms with Crippen LogP contribution in [0.5, 0.6) is 0 Å². The van der Waals surface area contributed by atoms with Crippen molar-refractivity contribution in [2.45, 2.75) is 13.8 Å². The van der Waals surface area contributed by atoms with Crippen molar-refractivity contribution in [3.8, 4) is 17.5 Å². The average molecular weight is 267 g/mol. The molecule has 0 amide bonds. The molecule has 0 unspecified atom stereocenters. The molecule has 0 saturated carbocycles. The number of benzene rings is 1. The molecule has 0 bridgehead atoms. The molecule has 4 heteroatoms. The SMILES string of the molecule is C=C(OCC)c1ccc(-n2cc(C#CC)c(N)n2)cc1. The highest BCUT2D eigenvalue weighted by Crippen LogP contribution is 2.18. The standard InChI is InChI=1S/C16H17N3O/c1-4-6-14-11-19(18-16(14)17)15-9-7-13(8-10-15)12(3)20-5-2/h7-11H,3,5H2,1-2H3,(H2,17,18). The van der Waals surface area contributed by atoms with E-state index in [2.05, 4.69) is 23.5 Å². The highest BCUT2D eigenvalue weighted by Gasteiger charge is 2.06. The zero-order valence-electron chi connectivity index (χ0n) is 11.7. The van der Waals surface area contributed by atoms with E-state index < -0.39 is 0 Å². The first-order valence-electron chi connectivity index (χ1n) is 6.36. The van der Waals surface area contributed by atoms with Gasteiger partial charge in [-0.15, -0.1) is 11.0 Å². The van der Waals surface area contributed by atoms with Gasteiger partial charge in [0.1, 0.15) is 5.76 Å². The van der Waals surface area contributed by atoms with Crippen molar-refractivity contribution in [2.75, 3.05) is 12.3 Å². The predicted octanol–water partition coefficient (Wildman–Crippen LogP) is 2.83. The smallest absolute Gasteiger partial charge is 0.161 e. The highest BCUT2D eigenvalue weighted by atomic mass is 16.5. The molecule has 4 nitrogen and oxygen atoms in total. The summed E-state index contributed by atoms with van der Waals surface area (Å²) in [5, 5.41) is 4.25. The van der Waals surface area contributed by atoms with Crippen molar-refractivity contribution in [3.05, 3.63) is 48.2 Å². The summed E-state index contributed by atoms with van der Waals surface area (Å²) in [5.41, 5.74) is 8.41. The topological polar surface area (TPSA) is 53.1 Å². The number of nitrogens with two attached hydrogens (primary N) is 1. The van der Waals surface area contributed by atoms with Crippen LogP contribution in [0.2, 0.25) is 0 Å². The van der Waals surface area contributed by atoms with E-state index in [9.17, 15) is 0 Å². The van der Waals surface area contributed by atoms with Gasteiger partial charge in [-0.25, -0.2) is 4.68 Å². The zero-order valence-corrected chi connectivity index (χ0v) is 11.7. The summed E-state index contributed by atoms with van der Waals surface area (Å²) in [7, 11) is 0. The summed E-state index contributed by atoms with van der Waals surface area (Å²) in [6, 6.07) is 7.76. The number of hydrogen-bond donors (Lipinski definition) is 1. The van der Waals surface area contributed by atoms with E-state index in [1.807, 2.05) is 37.4 Å². The van der Waals surface area contributed by atoms with Gasteiger partial charge in [-0.2, -0.15) is 0 Å². The molecule has 2 aromatic rings. The van der Waals surface area contributed by atoms with E-state index >= 15 is 0 Å². The predicted molar refractivity (Wildman–Crippen MR) is 81.2 cm³/mol. The van der Waals surface area contributed by atoms with Crippen LogP contribution >= 0.6 is 0 Å². The van der Waals surface area contributed by atoms with Crippen LogP contribution in [0.3, 0.4) is 0 Å². The third-order valence-corrected chi connectivity index (χ3v) is 2.77. The van der Waals surface area contributed by atoms with Crippen molar-refractivity contribution in [1.29, 1.82) is 0 Å². The Morgan fingerprint density at radius 3 is 2.70 bits per heavy atom. The summed E-state index contributed by atoms with van der Waals surface area (Å²) in [6.07, 6.45) is 1.82. The van der Waals surface area contributed by atoms with Gasteiger partial charge in [-0.3, -0.25) is 0 Å². The Morgan fingerprint density at radius 2 is 2.10 bits per heavy atom. The Balaban J connectivity index is 2.27. The maximum atomic E-state index is 5.81. The fourth-order valence-electron chi connectivity index (χ4n) is 1.81. The summed E-state index contributed by atoms with van der Waals surface area (Å²) in [4.78, 5) is 0. The summed E-state index contributed by atoms with van der Waals surface area (Å²) in [5.74, 6) is 6.83. The van der Waals surface area contributed by atoms with E-state index in [0.717, 1.165) is 16.8 Å². The lowest BCUT2D eigenvalue weighted by Gasteiger charge is -2.07. The minimum Gasteiger partial charge on any atom is -0.494 e. The molecule has 1 heterocycles. The second-order valence-electron chi connectivity index (χ2n) is 4.15. The molecule has 1 aromatic carbocycles. The van der Waals surface area contributed by atoms with Gasteiger partial charge >= 0.3 is 0 Å². The molecule has 0 saturated heterocycles. The summed E-state index contributed by atoms with van der Waals surface area (Å²) in [6.45, 7) is 8.18. The fraction of sp³-hybridized carbons (Fsp3) is 0.188. The lowest BCUT2D eigenvalue weighted by atomic mass is 10.2. The number of ether oxygens (including phenoxy) is 1. The molecule has 0 spiro atoms. The summed E-state index contributed by atoms with van der Waals surface area (Å²) < 4.78 is 7.08. The second kappa shape index (κ2) is 5.98. The Morgan fingerprint density at radius 1 is 1.40 bits per heavy atom. The van der Waals surface area contributed by atoms with E-state index in [0.29, 0.717) is 18.2 Å². The zero-order chi connectivity index (χ0) is 14.5. The number of aromatic nitrogens is 2. The van der Waals surface area contributed by atoms with Gasteiger partial charge in [0, 0.05) is 11.8 Å². The number of anilines is 1. The fourth-order valence-corrected chi connectivity index (χ4v) is 1.81. The number of nitrogens with zero attached hydrogens (tertiary/aromatic N) is 2. The number of nitrogen functional groups attached to an aromatic ring is 1. The molecule has 0 aliphatic heterocycles. The molecule has 0 atom stereocenters. The van der Waals surface area contributed by atoms with Gasteiger partial charge in [0.15, 0.2) is 5.82 Å². The maximum absolute atomic E-state index is 5.81. The Bertz CT molecular complexity index is 672. The quantitative estimate of drug-likeness (QED) is 0.684. The van der Waals surface area contributed by atoms with Crippen molar-refractivity contribution in [3.63, 3.8) is 0 Å². The Labute approximate surface area is 118 Å². The van der Waals surface area contributed by atoms with Crippen molar-refractivity contribution in [2.24, 2.45) is 0 Å². The van der Waals surface area contributed by atoms with E-state index in [-0.39, 0.29) is 0 Å². The van der Waals surface area contributed by atoms with Crippen LogP contribution < -0.4 is 5.73 Å². The van der Waals surface area contributed by atoms with Gasteiger partial charge in [0.25, 0.3) is 0 Å². The molecule has 1 aromatic heterocycles. The molecule has 2 N–H and O–H groups in total. The normalized spacial score (nSPS) is 9.70.